The van der Waals surface area contributed by atoms with E-state index in [0.29, 0.717) is 12.2 Å². The second-order valence-corrected chi connectivity index (χ2v) is 6.36. The van der Waals surface area contributed by atoms with Gasteiger partial charge in [0.2, 0.25) is 5.91 Å². The van der Waals surface area contributed by atoms with Crippen LogP contribution in [0.15, 0.2) is 48.5 Å². The molecule has 0 spiro atoms. The maximum atomic E-state index is 11.8. The van der Waals surface area contributed by atoms with Crippen molar-refractivity contribution in [2.24, 2.45) is 0 Å². The molecule has 2 N–H and O–H groups in total. The van der Waals surface area contributed by atoms with E-state index in [1.807, 2.05) is 62.4 Å². The van der Waals surface area contributed by atoms with E-state index in [-0.39, 0.29) is 11.1 Å². The van der Waals surface area contributed by atoms with Crippen molar-refractivity contribution in [3.05, 3.63) is 59.7 Å². The van der Waals surface area contributed by atoms with Crippen LogP contribution in [0.3, 0.4) is 0 Å². The van der Waals surface area contributed by atoms with Crippen molar-refractivity contribution >= 4 is 34.3 Å². The average Bonchev–Trinajstić information content (AvgIpc) is 2.52. The van der Waals surface area contributed by atoms with E-state index in [9.17, 15) is 9.59 Å². The lowest BCUT2D eigenvalue weighted by Gasteiger charge is -2.06. The maximum absolute atomic E-state index is 11.8. The summed E-state index contributed by atoms with van der Waals surface area (Å²) in [4.78, 5) is 23.6. The fraction of sp³-hybridized carbons (Fsp3) is 0.222. The molecule has 2 amide bonds. The number of benzene rings is 2. The van der Waals surface area contributed by atoms with Crippen molar-refractivity contribution in [2.75, 3.05) is 16.4 Å². The molecule has 0 aromatic heterocycles. The summed E-state index contributed by atoms with van der Waals surface area (Å²) in [6, 6.07) is 15.2. The van der Waals surface area contributed by atoms with Crippen molar-refractivity contribution in [1.82, 2.24) is 0 Å². The molecular weight excluding hydrogens is 308 g/mol. The van der Waals surface area contributed by atoms with Gasteiger partial charge in [0, 0.05) is 23.5 Å². The Morgan fingerprint density at radius 1 is 0.826 bits per heavy atom. The Balaban J connectivity index is 1.69. The van der Waals surface area contributed by atoms with Crippen molar-refractivity contribution in [3.8, 4) is 0 Å². The predicted molar refractivity (Wildman–Crippen MR) is 97.1 cm³/mol. The van der Waals surface area contributed by atoms with Crippen LogP contribution in [0.2, 0.25) is 0 Å². The minimum Gasteiger partial charge on any atom is -0.326 e. The Labute approximate surface area is 140 Å². The molecule has 2 rings (SSSR count). The topological polar surface area (TPSA) is 58.2 Å². The van der Waals surface area contributed by atoms with Crippen molar-refractivity contribution in [3.63, 3.8) is 0 Å². The highest BCUT2D eigenvalue weighted by molar-refractivity contribution is 8.13. The smallest absolute Gasteiger partial charge is 0.283 e. The van der Waals surface area contributed by atoms with Crippen LogP contribution in [0, 0.1) is 13.8 Å². The van der Waals surface area contributed by atoms with Gasteiger partial charge in [0.05, 0.1) is 0 Å². The number of nitrogens with one attached hydrogen (secondary N) is 2. The van der Waals surface area contributed by atoms with Crippen molar-refractivity contribution < 1.29 is 9.59 Å². The van der Waals surface area contributed by atoms with Gasteiger partial charge in [-0.1, -0.05) is 47.2 Å². The maximum Gasteiger partial charge on any atom is 0.283 e. The Bertz CT molecular complexity index is 607. The lowest BCUT2D eigenvalue weighted by atomic mass is 10.2. The number of carbonyl (C=O) groups excluding carboxylic acids is 2. The summed E-state index contributed by atoms with van der Waals surface area (Å²) in [5.41, 5.74) is 3.82. The molecule has 23 heavy (non-hydrogen) atoms. The zero-order valence-electron chi connectivity index (χ0n) is 13.3. The third-order valence-corrected chi connectivity index (χ3v) is 3.97. The Hall–Kier alpha value is -2.27. The summed E-state index contributed by atoms with van der Waals surface area (Å²) in [5.74, 6) is 0.347. The second-order valence-electron chi connectivity index (χ2n) is 5.29. The van der Waals surface area contributed by atoms with Gasteiger partial charge in [0.15, 0.2) is 0 Å². The normalized spacial score (nSPS) is 10.2. The molecule has 0 fully saturated rings. The number of anilines is 2. The van der Waals surface area contributed by atoms with Gasteiger partial charge < -0.3 is 10.6 Å². The number of hydrogen-bond acceptors (Lipinski definition) is 3. The van der Waals surface area contributed by atoms with Crippen LogP contribution in [0.25, 0.3) is 0 Å². The van der Waals surface area contributed by atoms with E-state index in [0.717, 1.165) is 34.3 Å². The standard InChI is InChI=1S/C18H20N2O2S/c1-13-3-7-15(8-4-13)19-17(21)11-12-23-18(22)20-16-9-5-14(2)6-10-16/h3-10H,11-12H2,1-2H3,(H,19,21)(H,20,22). The summed E-state index contributed by atoms with van der Waals surface area (Å²) in [5, 5.41) is 5.45. The van der Waals surface area contributed by atoms with Crippen LogP contribution in [0.5, 0.6) is 0 Å². The molecule has 5 heteroatoms. The highest BCUT2D eigenvalue weighted by Crippen LogP contribution is 2.14. The van der Waals surface area contributed by atoms with E-state index in [1.54, 1.807) is 0 Å². The van der Waals surface area contributed by atoms with Gasteiger partial charge in [-0.3, -0.25) is 9.59 Å². The first kappa shape index (κ1) is 17.1. The highest BCUT2D eigenvalue weighted by atomic mass is 32.2. The van der Waals surface area contributed by atoms with Gasteiger partial charge in [-0.25, -0.2) is 0 Å². The molecular formula is C18H20N2O2S. The lowest BCUT2D eigenvalue weighted by Crippen LogP contribution is -2.13. The molecule has 0 radical (unpaired) electrons. The Kier molecular flexibility index (Phi) is 6.23. The third kappa shape index (κ3) is 6.16. The molecule has 0 aliphatic heterocycles. The average molecular weight is 328 g/mol. The second kappa shape index (κ2) is 8.39. The van der Waals surface area contributed by atoms with Crippen LogP contribution in [-0.2, 0) is 4.79 Å². The summed E-state index contributed by atoms with van der Waals surface area (Å²) in [7, 11) is 0. The number of rotatable bonds is 5. The minimum absolute atomic E-state index is 0.0931. The number of hydrogen-bond donors (Lipinski definition) is 2. The Morgan fingerprint density at radius 2 is 1.30 bits per heavy atom. The van der Waals surface area contributed by atoms with Crippen LogP contribution >= 0.6 is 11.8 Å². The molecule has 120 valence electrons. The molecule has 4 nitrogen and oxygen atoms in total. The Morgan fingerprint density at radius 3 is 1.83 bits per heavy atom. The van der Waals surface area contributed by atoms with Crippen LogP contribution in [0.1, 0.15) is 17.5 Å². The molecule has 2 aromatic rings. The number of aryl methyl sites for hydroxylation is 2. The molecule has 0 aliphatic carbocycles. The highest BCUT2D eigenvalue weighted by Gasteiger charge is 2.06. The number of amides is 2. The largest absolute Gasteiger partial charge is 0.326 e. The molecule has 0 saturated carbocycles. The first-order valence-electron chi connectivity index (χ1n) is 7.40. The quantitative estimate of drug-likeness (QED) is 0.843. The fourth-order valence-corrected chi connectivity index (χ4v) is 2.55. The SMILES string of the molecule is Cc1ccc(NC(=O)CCSC(=O)Nc2ccc(C)cc2)cc1. The summed E-state index contributed by atoms with van der Waals surface area (Å²) in [6.45, 7) is 3.99. The molecule has 2 aromatic carbocycles. The first-order valence-corrected chi connectivity index (χ1v) is 8.38. The minimum atomic E-state index is -0.156. The van der Waals surface area contributed by atoms with Gasteiger partial charge in [-0.05, 0) is 38.1 Å². The molecule has 0 heterocycles. The van der Waals surface area contributed by atoms with Crippen LogP contribution < -0.4 is 10.6 Å². The summed E-state index contributed by atoms with van der Waals surface area (Å²) >= 11 is 1.11. The lowest BCUT2D eigenvalue weighted by molar-refractivity contribution is -0.115. The zero-order valence-corrected chi connectivity index (χ0v) is 14.1. The van der Waals surface area contributed by atoms with Crippen molar-refractivity contribution in [1.29, 1.82) is 0 Å². The molecule has 0 atom stereocenters. The monoisotopic (exact) mass is 328 g/mol. The van der Waals surface area contributed by atoms with Gasteiger partial charge in [0.25, 0.3) is 5.24 Å². The molecule has 0 unspecified atom stereocenters. The van der Waals surface area contributed by atoms with Gasteiger partial charge >= 0.3 is 0 Å². The number of thioether (sulfide) groups is 1. The number of carbonyl (C=O) groups is 2. The van der Waals surface area contributed by atoms with E-state index < -0.39 is 0 Å². The summed E-state index contributed by atoms with van der Waals surface area (Å²) < 4.78 is 0. The first-order chi connectivity index (χ1) is 11.0. The van der Waals surface area contributed by atoms with Crippen LogP contribution in [-0.4, -0.2) is 16.9 Å². The van der Waals surface area contributed by atoms with Crippen LogP contribution in [0.4, 0.5) is 16.2 Å². The van der Waals surface area contributed by atoms with E-state index in [1.165, 1.54) is 0 Å². The van der Waals surface area contributed by atoms with Crippen molar-refractivity contribution in [2.45, 2.75) is 20.3 Å². The van der Waals surface area contributed by atoms with Gasteiger partial charge in [-0.15, -0.1) is 0 Å². The molecule has 0 aliphatic rings. The summed E-state index contributed by atoms with van der Waals surface area (Å²) in [6.07, 6.45) is 0.292. The molecule has 0 bridgehead atoms. The fourth-order valence-electron chi connectivity index (χ4n) is 1.89. The predicted octanol–water partition coefficient (Wildman–Crippen LogP) is 4.60. The molecule has 0 saturated heterocycles. The van der Waals surface area contributed by atoms with E-state index in [2.05, 4.69) is 10.6 Å². The van der Waals surface area contributed by atoms with Gasteiger partial charge in [-0.2, -0.15) is 0 Å². The third-order valence-electron chi connectivity index (χ3n) is 3.20. The zero-order chi connectivity index (χ0) is 16.7. The van der Waals surface area contributed by atoms with E-state index in [4.69, 9.17) is 0 Å². The van der Waals surface area contributed by atoms with E-state index >= 15 is 0 Å². The van der Waals surface area contributed by atoms with Gasteiger partial charge in [0.1, 0.15) is 0 Å².